The third-order valence-electron chi connectivity index (χ3n) is 5.61. The van der Waals surface area contributed by atoms with Crippen molar-refractivity contribution < 1.29 is 19.5 Å². The number of hydrogen-bond acceptors (Lipinski definition) is 6. The fraction of sp³-hybridized carbons (Fsp3) is 0.320. The number of rotatable bonds is 10. The molecule has 34 heavy (non-hydrogen) atoms. The maximum atomic E-state index is 13.0. The molecule has 9 nitrogen and oxygen atoms in total. The smallest absolute Gasteiger partial charge is 0.271 e. The van der Waals surface area contributed by atoms with Crippen LogP contribution < -0.4 is 16.0 Å². The fourth-order valence-corrected chi connectivity index (χ4v) is 3.73. The van der Waals surface area contributed by atoms with E-state index in [4.69, 9.17) is 0 Å². The van der Waals surface area contributed by atoms with Gasteiger partial charge in [0.2, 0.25) is 11.8 Å². The van der Waals surface area contributed by atoms with Crippen molar-refractivity contribution >= 4 is 28.8 Å². The van der Waals surface area contributed by atoms with Crippen LogP contribution in [0.3, 0.4) is 0 Å². The summed E-state index contributed by atoms with van der Waals surface area (Å²) in [5.41, 5.74) is 2.28. The maximum Gasteiger partial charge on any atom is 0.271 e. The molecule has 0 spiro atoms. The lowest BCUT2D eigenvalue weighted by molar-refractivity contribution is -0.130. The highest BCUT2D eigenvalue weighted by Crippen LogP contribution is 2.18. The van der Waals surface area contributed by atoms with Gasteiger partial charge in [-0.05, 0) is 30.5 Å². The summed E-state index contributed by atoms with van der Waals surface area (Å²) >= 11 is 0. The fourth-order valence-electron chi connectivity index (χ4n) is 3.73. The molecule has 0 aliphatic heterocycles. The number of nitrogens with one attached hydrogen (secondary N) is 3. The lowest BCUT2D eigenvalue weighted by Crippen LogP contribution is -2.47. The average Bonchev–Trinajstić information content (AvgIpc) is 2.87. The van der Waals surface area contributed by atoms with Crippen LogP contribution in [0.1, 0.15) is 28.9 Å². The summed E-state index contributed by atoms with van der Waals surface area (Å²) in [6.07, 6.45) is 0.547. The number of carbonyl (C=O) groups is 3. The van der Waals surface area contributed by atoms with E-state index in [0.717, 1.165) is 5.56 Å². The molecule has 9 heteroatoms. The number of amides is 3. The number of fused-ring (bicyclic) bond motifs is 1. The quantitative estimate of drug-likeness (QED) is 0.357. The van der Waals surface area contributed by atoms with Gasteiger partial charge in [-0.2, -0.15) is 0 Å². The monoisotopic (exact) mass is 463 g/mol. The molecule has 0 bridgehead atoms. The second kappa shape index (κ2) is 11.9. The summed E-state index contributed by atoms with van der Waals surface area (Å²) in [7, 11) is 2.97. The molecule has 1 heterocycles. The Kier molecular flexibility index (Phi) is 8.64. The SMILES string of the molecule is CNC(=O)C[C@H](C[C@H](O)[C@H](Cc1ccccc1)NC(=O)c1cnc2ccccc2n1)C(=O)NC. The molecule has 0 saturated heterocycles. The van der Waals surface area contributed by atoms with Gasteiger partial charge in [0.15, 0.2) is 0 Å². The van der Waals surface area contributed by atoms with Crippen molar-refractivity contribution in [1.82, 2.24) is 25.9 Å². The van der Waals surface area contributed by atoms with E-state index in [9.17, 15) is 19.5 Å². The van der Waals surface area contributed by atoms with E-state index in [0.29, 0.717) is 17.5 Å². The van der Waals surface area contributed by atoms with Gasteiger partial charge in [0, 0.05) is 26.4 Å². The first-order chi connectivity index (χ1) is 16.4. The van der Waals surface area contributed by atoms with E-state index in [1.165, 1.54) is 20.3 Å². The highest BCUT2D eigenvalue weighted by atomic mass is 16.3. The molecule has 1 aromatic heterocycles. The highest BCUT2D eigenvalue weighted by Gasteiger charge is 2.30. The van der Waals surface area contributed by atoms with Crippen molar-refractivity contribution in [2.75, 3.05) is 14.1 Å². The van der Waals surface area contributed by atoms with Crippen LogP contribution in [0, 0.1) is 5.92 Å². The molecule has 0 aliphatic carbocycles. The molecule has 0 aliphatic rings. The van der Waals surface area contributed by atoms with Crippen molar-refractivity contribution in [2.45, 2.75) is 31.4 Å². The number of aliphatic hydroxyl groups is 1. The Morgan fingerprint density at radius 1 is 0.941 bits per heavy atom. The third kappa shape index (κ3) is 6.58. The molecule has 3 amide bonds. The minimum atomic E-state index is -1.09. The number of nitrogens with zero attached hydrogens (tertiary/aromatic N) is 2. The van der Waals surface area contributed by atoms with Crippen molar-refractivity contribution in [3.63, 3.8) is 0 Å². The predicted molar refractivity (Wildman–Crippen MR) is 128 cm³/mol. The Labute approximate surface area is 198 Å². The zero-order valence-electron chi connectivity index (χ0n) is 19.2. The van der Waals surface area contributed by atoms with Gasteiger partial charge in [-0.1, -0.05) is 42.5 Å². The molecular formula is C25H29N5O4. The number of aliphatic hydroxyl groups excluding tert-OH is 1. The Bertz CT molecular complexity index is 1140. The molecule has 178 valence electrons. The number of carbonyl (C=O) groups excluding carboxylic acids is 3. The number of para-hydroxylation sites is 2. The van der Waals surface area contributed by atoms with E-state index >= 15 is 0 Å². The van der Waals surface area contributed by atoms with Gasteiger partial charge in [-0.25, -0.2) is 4.98 Å². The zero-order valence-corrected chi connectivity index (χ0v) is 19.2. The Morgan fingerprint density at radius 2 is 1.62 bits per heavy atom. The van der Waals surface area contributed by atoms with Gasteiger partial charge >= 0.3 is 0 Å². The molecule has 0 fully saturated rings. The normalized spacial score (nSPS) is 13.5. The van der Waals surface area contributed by atoms with Crippen molar-refractivity contribution in [3.8, 4) is 0 Å². The minimum absolute atomic E-state index is 0.00568. The Hall–Kier alpha value is -3.85. The first kappa shape index (κ1) is 24.8. The molecular weight excluding hydrogens is 434 g/mol. The first-order valence-corrected chi connectivity index (χ1v) is 11.1. The van der Waals surface area contributed by atoms with Crippen LogP contribution in [0.5, 0.6) is 0 Å². The summed E-state index contributed by atoms with van der Waals surface area (Å²) in [5, 5.41) is 19.0. The second-order valence-corrected chi connectivity index (χ2v) is 8.01. The molecule has 2 aromatic carbocycles. The van der Waals surface area contributed by atoms with Crippen LogP contribution in [0.4, 0.5) is 0 Å². The van der Waals surface area contributed by atoms with Gasteiger partial charge in [0.1, 0.15) is 5.69 Å². The third-order valence-corrected chi connectivity index (χ3v) is 5.61. The van der Waals surface area contributed by atoms with Crippen LogP contribution in [0.2, 0.25) is 0 Å². The van der Waals surface area contributed by atoms with E-state index in [1.807, 2.05) is 42.5 Å². The van der Waals surface area contributed by atoms with E-state index < -0.39 is 24.0 Å². The van der Waals surface area contributed by atoms with Gasteiger partial charge in [0.25, 0.3) is 5.91 Å². The molecule has 0 unspecified atom stereocenters. The summed E-state index contributed by atoms with van der Waals surface area (Å²) in [5.74, 6) is -1.90. The number of benzene rings is 2. The summed E-state index contributed by atoms with van der Waals surface area (Å²) in [6.45, 7) is 0. The van der Waals surface area contributed by atoms with Gasteiger partial charge in [0.05, 0.1) is 29.4 Å². The van der Waals surface area contributed by atoms with Gasteiger partial charge in [-0.15, -0.1) is 0 Å². The topological polar surface area (TPSA) is 133 Å². The summed E-state index contributed by atoms with van der Waals surface area (Å²) < 4.78 is 0. The molecule has 3 rings (SSSR count). The first-order valence-electron chi connectivity index (χ1n) is 11.1. The van der Waals surface area contributed by atoms with Crippen LogP contribution in [0.25, 0.3) is 11.0 Å². The highest BCUT2D eigenvalue weighted by molar-refractivity contribution is 5.94. The van der Waals surface area contributed by atoms with Crippen LogP contribution in [0.15, 0.2) is 60.8 Å². The van der Waals surface area contributed by atoms with Crippen molar-refractivity contribution in [3.05, 3.63) is 72.1 Å². The summed E-state index contributed by atoms with van der Waals surface area (Å²) in [4.78, 5) is 45.9. The lowest BCUT2D eigenvalue weighted by atomic mass is 9.90. The zero-order chi connectivity index (χ0) is 24.5. The predicted octanol–water partition coefficient (Wildman–Crippen LogP) is 1.22. The standard InChI is InChI=1S/C25H29N5O4/c1-26-23(32)14-17(24(33)27-2)13-22(31)20(12-16-8-4-3-5-9-16)30-25(34)21-15-28-18-10-6-7-11-19(18)29-21/h3-11,15,17,20,22,31H,12-14H2,1-2H3,(H,26,32)(H,27,33)(H,30,34)/t17-,20-,22-/m0/s1. The molecule has 4 N–H and O–H groups in total. The molecule has 0 radical (unpaired) electrons. The number of aromatic nitrogens is 2. The van der Waals surface area contributed by atoms with Crippen LogP contribution in [-0.4, -0.2) is 59.0 Å². The van der Waals surface area contributed by atoms with E-state index in [-0.39, 0.29) is 30.3 Å². The lowest BCUT2D eigenvalue weighted by Gasteiger charge is -2.27. The Balaban J connectivity index is 1.82. The van der Waals surface area contributed by atoms with Crippen LogP contribution in [-0.2, 0) is 16.0 Å². The number of hydrogen-bond donors (Lipinski definition) is 4. The Morgan fingerprint density at radius 3 is 2.29 bits per heavy atom. The maximum absolute atomic E-state index is 13.0. The van der Waals surface area contributed by atoms with Crippen molar-refractivity contribution in [1.29, 1.82) is 0 Å². The van der Waals surface area contributed by atoms with Gasteiger partial charge < -0.3 is 21.1 Å². The van der Waals surface area contributed by atoms with Gasteiger partial charge in [-0.3, -0.25) is 19.4 Å². The molecule has 0 saturated carbocycles. The van der Waals surface area contributed by atoms with Crippen molar-refractivity contribution in [2.24, 2.45) is 5.92 Å². The largest absolute Gasteiger partial charge is 0.391 e. The van der Waals surface area contributed by atoms with Crippen LogP contribution >= 0.6 is 0 Å². The molecule has 3 aromatic rings. The summed E-state index contributed by atoms with van der Waals surface area (Å²) in [6, 6.07) is 15.9. The van der Waals surface area contributed by atoms with E-state index in [2.05, 4.69) is 25.9 Å². The average molecular weight is 464 g/mol. The minimum Gasteiger partial charge on any atom is -0.391 e. The second-order valence-electron chi connectivity index (χ2n) is 8.01. The molecule has 3 atom stereocenters. The van der Waals surface area contributed by atoms with E-state index in [1.54, 1.807) is 12.1 Å².